The van der Waals surface area contributed by atoms with Crippen LogP contribution in [0, 0.1) is 6.92 Å². The zero-order valence-corrected chi connectivity index (χ0v) is 14.4. The van der Waals surface area contributed by atoms with Crippen LogP contribution >= 0.6 is 0 Å². The van der Waals surface area contributed by atoms with Crippen molar-refractivity contribution < 1.29 is 19.1 Å². The number of hydrogen-bond acceptors (Lipinski definition) is 7. The van der Waals surface area contributed by atoms with Gasteiger partial charge >= 0.3 is 12.0 Å². The van der Waals surface area contributed by atoms with Gasteiger partial charge in [-0.1, -0.05) is 6.07 Å². The molecule has 2 aromatic rings. The van der Waals surface area contributed by atoms with E-state index in [0.717, 1.165) is 16.9 Å². The first-order valence-corrected chi connectivity index (χ1v) is 8.21. The minimum absolute atomic E-state index is 0.0175. The maximum atomic E-state index is 12.6. The molecule has 1 saturated heterocycles. The van der Waals surface area contributed by atoms with E-state index < -0.39 is 11.6 Å². The number of amides is 3. The third-order valence-corrected chi connectivity index (χ3v) is 4.69. The molecule has 2 heterocycles. The molecule has 1 spiro atoms. The Balaban J connectivity index is 1.59. The van der Waals surface area contributed by atoms with E-state index in [9.17, 15) is 9.59 Å². The standard InChI is InChI=1S/C17H17N5O4/c1-10-4-5-11(8-12(10)25-2)26-15-19-9-18-14(20-15)22-13(23)17(6-3-7-17)21-16(22)24/h4-5,8-9H,3,6-7H2,1-2H3,(H,21,24). The molecule has 1 N–H and O–H groups in total. The molecule has 0 atom stereocenters. The van der Waals surface area contributed by atoms with Gasteiger partial charge in [0, 0.05) is 6.07 Å². The van der Waals surface area contributed by atoms with E-state index >= 15 is 0 Å². The topological polar surface area (TPSA) is 107 Å². The van der Waals surface area contributed by atoms with Crippen molar-refractivity contribution in [2.24, 2.45) is 0 Å². The van der Waals surface area contributed by atoms with E-state index in [2.05, 4.69) is 20.3 Å². The molecule has 2 fully saturated rings. The van der Waals surface area contributed by atoms with Gasteiger partial charge in [-0.15, -0.1) is 0 Å². The molecule has 1 aliphatic heterocycles. The second-order valence-corrected chi connectivity index (χ2v) is 6.31. The average Bonchev–Trinajstić information content (AvgIpc) is 2.88. The molecule has 3 amide bonds. The summed E-state index contributed by atoms with van der Waals surface area (Å²) in [6.07, 6.45) is 3.37. The van der Waals surface area contributed by atoms with Crippen molar-refractivity contribution in [2.45, 2.75) is 31.7 Å². The monoisotopic (exact) mass is 355 g/mol. The lowest BCUT2D eigenvalue weighted by Crippen LogP contribution is -2.52. The molecule has 1 aromatic heterocycles. The molecule has 0 radical (unpaired) electrons. The van der Waals surface area contributed by atoms with E-state index in [1.165, 1.54) is 6.33 Å². The molecular formula is C17H17N5O4. The van der Waals surface area contributed by atoms with Crippen molar-refractivity contribution in [1.29, 1.82) is 0 Å². The van der Waals surface area contributed by atoms with Gasteiger partial charge in [0.1, 0.15) is 23.4 Å². The van der Waals surface area contributed by atoms with Crippen molar-refractivity contribution >= 4 is 17.9 Å². The van der Waals surface area contributed by atoms with Gasteiger partial charge in [0.2, 0.25) is 5.95 Å². The van der Waals surface area contributed by atoms with Gasteiger partial charge in [-0.2, -0.15) is 14.9 Å². The number of hydrogen-bond donors (Lipinski definition) is 1. The highest BCUT2D eigenvalue weighted by atomic mass is 16.5. The number of carbonyl (C=O) groups excluding carboxylic acids is 2. The number of imide groups is 1. The summed E-state index contributed by atoms with van der Waals surface area (Å²) in [5.41, 5.74) is 0.163. The lowest BCUT2D eigenvalue weighted by molar-refractivity contribution is -0.124. The number of aromatic nitrogens is 3. The third kappa shape index (κ3) is 2.52. The van der Waals surface area contributed by atoms with Crippen LogP contribution in [0.1, 0.15) is 24.8 Å². The summed E-state index contributed by atoms with van der Waals surface area (Å²) in [6, 6.07) is 4.75. The number of rotatable bonds is 4. The minimum Gasteiger partial charge on any atom is -0.496 e. The SMILES string of the molecule is COc1cc(Oc2ncnc(N3C(=O)NC4(CCC4)C3=O)n2)ccc1C. The van der Waals surface area contributed by atoms with Gasteiger partial charge in [0.05, 0.1) is 7.11 Å². The summed E-state index contributed by atoms with van der Waals surface area (Å²) in [4.78, 5) is 37.8. The highest BCUT2D eigenvalue weighted by molar-refractivity contribution is 6.22. The van der Waals surface area contributed by atoms with Crippen LogP contribution in [-0.4, -0.2) is 39.5 Å². The van der Waals surface area contributed by atoms with Crippen LogP contribution in [0.3, 0.4) is 0 Å². The molecule has 26 heavy (non-hydrogen) atoms. The number of aryl methyl sites for hydroxylation is 1. The lowest BCUT2D eigenvalue weighted by Gasteiger charge is -2.34. The quantitative estimate of drug-likeness (QED) is 0.836. The van der Waals surface area contributed by atoms with Gasteiger partial charge in [0.25, 0.3) is 5.91 Å². The summed E-state index contributed by atoms with van der Waals surface area (Å²) >= 11 is 0. The summed E-state index contributed by atoms with van der Waals surface area (Å²) in [7, 11) is 1.57. The first-order chi connectivity index (χ1) is 12.5. The van der Waals surface area contributed by atoms with E-state index in [1.54, 1.807) is 19.2 Å². The molecule has 1 aromatic carbocycles. The van der Waals surface area contributed by atoms with Crippen LogP contribution in [0.25, 0.3) is 0 Å². The highest BCUT2D eigenvalue weighted by Crippen LogP contribution is 2.38. The number of benzene rings is 1. The van der Waals surface area contributed by atoms with Crippen LogP contribution in [0.2, 0.25) is 0 Å². The molecule has 2 aliphatic rings. The predicted octanol–water partition coefficient (Wildman–Crippen LogP) is 1.96. The average molecular weight is 355 g/mol. The van der Waals surface area contributed by atoms with Gasteiger partial charge in [-0.25, -0.2) is 9.78 Å². The third-order valence-electron chi connectivity index (χ3n) is 4.69. The molecule has 9 nitrogen and oxygen atoms in total. The van der Waals surface area contributed by atoms with Gasteiger partial charge in [0.15, 0.2) is 0 Å². The number of urea groups is 1. The molecule has 0 bridgehead atoms. The van der Waals surface area contributed by atoms with Crippen molar-refractivity contribution in [2.75, 3.05) is 12.0 Å². The molecular weight excluding hydrogens is 338 g/mol. The Bertz CT molecular complexity index is 896. The Hall–Kier alpha value is -3.23. The predicted molar refractivity (Wildman–Crippen MR) is 90.2 cm³/mol. The van der Waals surface area contributed by atoms with Crippen LogP contribution < -0.4 is 19.7 Å². The van der Waals surface area contributed by atoms with Crippen molar-refractivity contribution in [3.05, 3.63) is 30.1 Å². The molecule has 1 saturated carbocycles. The van der Waals surface area contributed by atoms with Gasteiger partial charge < -0.3 is 14.8 Å². The Morgan fingerprint density at radius 2 is 2.04 bits per heavy atom. The zero-order chi connectivity index (χ0) is 18.3. The maximum Gasteiger partial charge on any atom is 0.332 e. The van der Waals surface area contributed by atoms with Crippen molar-refractivity contribution in [3.8, 4) is 17.5 Å². The summed E-state index contributed by atoms with van der Waals surface area (Å²) in [6.45, 7) is 1.91. The fraction of sp³-hybridized carbons (Fsp3) is 0.353. The maximum absolute atomic E-state index is 12.6. The zero-order valence-electron chi connectivity index (χ0n) is 14.4. The van der Waals surface area contributed by atoms with Gasteiger partial charge in [-0.05, 0) is 37.8 Å². The van der Waals surface area contributed by atoms with Crippen LogP contribution in [0.15, 0.2) is 24.5 Å². The van der Waals surface area contributed by atoms with E-state index in [1.807, 2.05) is 13.0 Å². The van der Waals surface area contributed by atoms with Crippen LogP contribution in [-0.2, 0) is 4.79 Å². The Labute approximate surface area is 149 Å². The Morgan fingerprint density at radius 1 is 1.23 bits per heavy atom. The summed E-state index contributed by atoms with van der Waals surface area (Å²) in [5.74, 6) is 0.748. The minimum atomic E-state index is -0.797. The first kappa shape index (κ1) is 16.2. The van der Waals surface area contributed by atoms with Gasteiger partial charge in [-0.3, -0.25) is 4.79 Å². The molecule has 134 valence electrons. The largest absolute Gasteiger partial charge is 0.496 e. The number of carbonyl (C=O) groups is 2. The highest BCUT2D eigenvalue weighted by Gasteiger charge is 2.56. The number of methoxy groups -OCH3 is 1. The fourth-order valence-corrected chi connectivity index (χ4v) is 3.07. The number of nitrogens with one attached hydrogen (secondary N) is 1. The Kier molecular flexibility index (Phi) is 3.71. The number of nitrogens with zero attached hydrogens (tertiary/aromatic N) is 4. The first-order valence-electron chi connectivity index (χ1n) is 8.21. The smallest absolute Gasteiger partial charge is 0.332 e. The lowest BCUT2D eigenvalue weighted by atomic mass is 9.77. The van der Waals surface area contributed by atoms with Crippen LogP contribution in [0.5, 0.6) is 17.5 Å². The summed E-state index contributed by atoms with van der Waals surface area (Å²) in [5, 5.41) is 2.74. The molecule has 4 rings (SSSR count). The normalized spacial score (nSPS) is 17.8. The van der Waals surface area contributed by atoms with E-state index in [4.69, 9.17) is 9.47 Å². The second-order valence-electron chi connectivity index (χ2n) is 6.31. The fourth-order valence-electron chi connectivity index (χ4n) is 3.07. The van der Waals surface area contributed by atoms with Crippen molar-refractivity contribution in [3.63, 3.8) is 0 Å². The molecule has 1 aliphatic carbocycles. The molecule has 0 unspecified atom stereocenters. The van der Waals surface area contributed by atoms with E-state index in [0.29, 0.717) is 24.3 Å². The van der Waals surface area contributed by atoms with Crippen molar-refractivity contribution in [1.82, 2.24) is 20.3 Å². The van der Waals surface area contributed by atoms with E-state index in [-0.39, 0.29) is 17.9 Å². The number of anilines is 1. The second kappa shape index (κ2) is 5.94. The summed E-state index contributed by atoms with van der Waals surface area (Å²) < 4.78 is 10.9. The van der Waals surface area contributed by atoms with Crippen LogP contribution in [0.4, 0.5) is 10.7 Å². The number of ether oxygens (including phenoxy) is 2. The molecule has 9 heteroatoms. The Morgan fingerprint density at radius 3 is 2.69 bits per heavy atom.